The Balaban J connectivity index is 1.46. The second-order valence-electron chi connectivity index (χ2n) is 5.90. The summed E-state index contributed by atoms with van der Waals surface area (Å²) >= 11 is 0. The van der Waals surface area contributed by atoms with Gasteiger partial charge in [0.05, 0.1) is 6.54 Å². The van der Waals surface area contributed by atoms with Gasteiger partial charge in [-0.05, 0) is 19.3 Å². The van der Waals surface area contributed by atoms with Gasteiger partial charge in [0.1, 0.15) is 5.82 Å². The number of hydrogen-bond donors (Lipinski definition) is 2. The summed E-state index contributed by atoms with van der Waals surface area (Å²) in [7, 11) is 0. The SMILES string of the molecule is Cc1noc(CNC(=O)NC[C@H]2CCc3nc(C(F)(F)F)cn3C2)n1. The molecule has 3 rings (SSSR count). The smallest absolute Gasteiger partial charge is 0.338 e. The number of carbonyl (C=O) groups excluding carboxylic acids is 1. The fourth-order valence-electron chi connectivity index (χ4n) is 2.68. The van der Waals surface area contributed by atoms with E-state index in [1.807, 2.05) is 0 Å². The molecule has 0 radical (unpaired) electrons. The summed E-state index contributed by atoms with van der Waals surface area (Å²) in [5.41, 5.74) is -0.872. The molecule has 2 aromatic rings. The molecule has 2 N–H and O–H groups in total. The molecule has 11 heteroatoms. The van der Waals surface area contributed by atoms with E-state index in [4.69, 9.17) is 4.52 Å². The molecule has 0 fully saturated rings. The predicted octanol–water partition coefficient (Wildman–Crippen LogP) is 1.66. The minimum Gasteiger partial charge on any atom is -0.338 e. The average Bonchev–Trinajstić information content (AvgIpc) is 3.16. The molecule has 0 unspecified atom stereocenters. The summed E-state index contributed by atoms with van der Waals surface area (Å²) in [6.45, 7) is 2.53. The second-order valence-corrected chi connectivity index (χ2v) is 5.90. The highest BCUT2D eigenvalue weighted by Gasteiger charge is 2.35. The van der Waals surface area contributed by atoms with Gasteiger partial charge < -0.3 is 19.7 Å². The minimum absolute atomic E-state index is 0.0409. The lowest BCUT2D eigenvalue weighted by Crippen LogP contribution is -2.39. The maximum Gasteiger partial charge on any atom is 0.434 e. The Bertz CT molecular complexity index is 754. The zero-order chi connectivity index (χ0) is 18.0. The molecule has 1 atom stereocenters. The lowest BCUT2D eigenvalue weighted by molar-refractivity contribution is -0.141. The van der Waals surface area contributed by atoms with Crippen LogP contribution in [0.1, 0.15) is 29.7 Å². The predicted molar refractivity (Wildman–Crippen MR) is 78.3 cm³/mol. The lowest BCUT2D eigenvalue weighted by Gasteiger charge is -2.23. The number of nitrogens with zero attached hydrogens (tertiary/aromatic N) is 4. The van der Waals surface area contributed by atoms with Crippen LogP contribution < -0.4 is 10.6 Å². The van der Waals surface area contributed by atoms with E-state index in [0.29, 0.717) is 43.5 Å². The molecule has 2 amide bonds. The normalized spacial score (nSPS) is 17.2. The number of fused-ring (bicyclic) bond motifs is 1. The van der Waals surface area contributed by atoms with Crippen LogP contribution in [0.15, 0.2) is 10.7 Å². The molecule has 0 spiro atoms. The lowest BCUT2D eigenvalue weighted by atomic mass is 9.99. The van der Waals surface area contributed by atoms with Crippen LogP contribution in [0.4, 0.5) is 18.0 Å². The minimum atomic E-state index is -4.44. The number of imidazole rings is 1. The van der Waals surface area contributed by atoms with Crippen molar-refractivity contribution in [3.63, 3.8) is 0 Å². The number of urea groups is 1. The number of rotatable bonds is 4. The number of aryl methyl sites for hydroxylation is 2. The molecule has 0 bridgehead atoms. The van der Waals surface area contributed by atoms with Crippen LogP contribution >= 0.6 is 0 Å². The van der Waals surface area contributed by atoms with E-state index in [1.54, 1.807) is 6.92 Å². The van der Waals surface area contributed by atoms with E-state index in [-0.39, 0.29) is 12.5 Å². The largest absolute Gasteiger partial charge is 0.434 e. The highest BCUT2D eigenvalue weighted by atomic mass is 19.4. The molecule has 0 saturated heterocycles. The van der Waals surface area contributed by atoms with Crippen LogP contribution in [0, 0.1) is 12.8 Å². The molecule has 1 aliphatic heterocycles. The quantitative estimate of drug-likeness (QED) is 0.866. The van der Waals surface area contributed by atoms with Gasteiger partial charge in [-0.1, -0.05) is 5.16 Å². The van der Waals surface area contributed by atoms with Crippen LogP contribution in [0.5, 0.6) is 0 Å². The zero-order valence-electron chi connectivity index (χ0n) is 13.4. The Morgan fingerprint density at radius 3 is 2.88 bits per heavy atom. The molecule has 3 heterocycles. The second kappa shape index (κ2) is 6.73. The van der Waals surface area contributed by atoms with Gasteiger partial charge in [-0.25, -0.2) is 9.78 Å². The van der Waals surface area contributed by atoms with Crippen LogP contribution in [0.3, 0.4) is 0 Å². The van der Waals surface area contributed by atoms with Gasteiger partial charge in [0.15, 0.2) is 11.5 Å². The number of nitrogens with one attached hydrogen (secondary N) is 2. The van der Waals surface area contributed by atoms with Gasteiger partial charge in [-0.15, -0.1) is 0 Å². The Hall–Kier alpha value is -2.59. The maximum atomic E-state index is 12.7. The molecule has 2 aromatic heterocycles. The molecule has 0 aromatic carbocycles. The Morgan fingerprint density at radius 1 is 1.40 bits per heavy atom. The van der Waals surface area contributed by atoms with Crippen molar-refractivity contribution in [1.82, 2.24) is 30.3 Å². The van der Waals surface area contributed by atoms with E-state index in [2.05, 4.69) is 25.8 Å². The third-order valence-corrected chi connectivity index (χ3v) is 3.90. The molecule has 1 aliphatic rings. The summed E-state index contributed by atoms with van der Waals surface area (Å²) < 4.78 is 44.5. The monoisotopic (exact) mass is 358 g/mol. The Labute approximate surface area is 140 Å². The number of amides is 2. The van der Waals surface area contributed by atoms with Crippen LogP contribution in [-0.4, -0.2) is 32.3 Å². The third-order valence-electron chi connectivity index (χ3n) is 3.90. The van der Waals surface area contributed by atoms with Crippen molar-refractivity contribution in [2.24, 2.45) is 5.92 Å². The maximum absolute atomic E-state index is 12.7. The molecular weight excluding hydrogens is 341 g/mol. The number of alkyl halides is 3. The van der Waals surface area contributed by atoms with E-state index < -0.39 is 17.9 Å². The summed E-state index contributed by atoms with van der Waals surface area (Å²) in [6.07, 6.45) is -2.30. The van der Waals surface area contributed by atoms with Gasteiger partial charge in [-0.3, -0.25) is 0 Å². The third kappa shape index (κ3) is 4.28. The van der Waals surface area contributed by atoms with E-state index in [9.17, 15) is 18.0 Å². The fraction of sp³-hybridized carbons (Fsp3) is 0.571. The van der Waals surface area contributed by atoms with Gasteiger partial charge >= 0.3 is 12.2 Å². The van der Waals surface area contributed by atoms with E-state index in [1.165, 1.54) is 4.57 Å². The zero-order valence-corrected chi connectivity index (χ0v) is 13.4. The number of hydrogen-bond acceptors (Lipinski definition) is 5. The summed E-state index contributed by atoms with van der Waals surface area (Å²) in [5, 5.41) is 8.89. The van der Waals surface area contributed by atoms with Gasteiger partial charge in [0, 0.05) is 25.7 Å². The van der Waals surface area contributed by atoms with Crippen molar-refractivity contribution in [1.29, 1.82) is 0 Å². The molecule has 0 aliphatic carbocycles. The summed E-state index contributed by atoms with van der Waals surface area (Å²) in [6, 6.07) is -0.400. The van der Waals surface area contributed by atoms with Crippen LogP contribution in [0.25, 0.3) is 0 Å². The number of halogens is 3. The molecule has 25 heavy (non-hydrogen) atoms. The Kier molecular flexibility index (Phi) is 4.64. The first-order valence-corrected chi connectivity index (χ1v) is 7.75. The van der Waals surface area contributed by atoms with Crippen LogP contribution in [0.2, 0.25) is 0 Å². The van der Waals surface area contributed by atoms with Gasteiger partial charge in [0.2, 0.25) is 5.89 Å². The number of aromatic nitrogens is 4. The van der Waals surface area contributed by atoms with Crippen molar-refractivity contribution >= 4 is 6.03 Å². The molecule has 0 saturated carbocycles. The highest BCUT2D eigenvalue weighted by Crippen LogP contribution is 2.30. The van der Waals surface area contributed by atoms with Crippen molar-refractivity contribution in [3.8, 4) is 0 Å². The standard InChI is InChI=1S/C14H17F3N6O2/c1-8-20-12(25-22-8)5-19-13(24)18-4-9-2-3-11-21-10(14(15,16)17)7-23(11)6-9/h7,9H,2-6H2,1H3,(H2,18,19,24)/t9-/m1/s1. The van der Waals surface area contributed by atoms with Gasteiger partial charge in [-0.2, -0.15) is 18.2 Å². The topological polar surface area (TPSA) is 97.9 Å². The van der Waals surface area contributed by atoms with E-state index >= 15 is 0 Å². The molecule has 136 valence electrons. The van der Waals surface area contributed by atoms with Crippen molar-refractivity contribution in [3.05, 3.63) is 29.4 Å². The first-order chi connectivity index (χ1) is 11.8. The first kappa shape index (κ1) is 17.2. The molecular formula is C14H17F3N6O2. The average molecular weight is 358 g/mol. The van der Waals surface area contributed by atoms with Crippen molar-refractivity contribution in [2.45, 2.75) is 39.0 Å². The van der Waals surface area contributed by atoms with Crippen molar-refractivity contribution < 1.29 is 22.5 Å². The number of carbonyl (C=O) groups is 1. The summed E-state index contributed by atoms with van der Waals surface area (Å²) in [4.78, 5) is 19.4. The summed E-state index contributed by atoms with van der Waals surface area (Å²) in [5.74, 6) is 1.25. The van der Waals surface area contributed by atoms with E-state index in [0.717, 1.165) is 6.20 Å². The van der Waals surface area contributed by atoms with Gasteiger partial charge in [0.25, 0.3) is 0 Å². The molecule has 8 nitrogen and oxygen atoms in total. The fourth-order valence-corrected chi connectivity index (χ4v) is 2.68. The highest BCUT2D eigenvalue weighted by molar-refractivity contribution is 5.73. The van der Waals surface area contributed by atoms with Crippen LogP contribution in [-0.2, 0) is 25.7 Å². The van der Waals surface area contributed by atoms with Crippen molar-refractivity contribution in [2.75, 3.05) is 6.54 Å². The Morgan fingerprint density at radius 2 is 2.20 bits per heavy atom. The first-order valence-electron chi connectivity index (χ1n) is 7.75.